The predicted molar refractivity (Wildman–Crippen MR) is 112 cm³/mol. The van der Waals surface area contributed by atoms with Gasteiger partial charge in [0.25, 0.3) is 0 Å². The average molecular weight is 443 g/mol. The summed E-state index contributed by atoms with van der Waals surface area (Å²) in [5.41, 5.74) is 3.07. The van der Waals surface area contributed by atoms with Gasteiger partial charge in [0.05, 0.1) is 6.42 Å². The van der Waals surface area contributed by atoms with E-state index in [2.05, 4.69) is 15.1 Å². The second-order valence-corrected chi connectivity index (χ2v) is 8.20. The van der Waals surface area contributed by atoms with Gasteiger partial charge in [-0.1, -0.05) is 5.16 Å². The number of rotatable bonds is 8. The Bertz CT molecular complexity index is 1160. The summed E-state index contributed by atoms with van der Waals surface area (Å²) < 4.78 is 12.2. The Kier molecular flexibility index (Phi) is 5.86. The van der Waals surface area contributed by atoms with Crippen LogP contribution in [0.4, 0.5) is 0 Å². The molecule has 0 saturated heterocycles. The quantitative estimate of drug-likeness (QED) is 0.300. The van der Waals surface area contributed by atoms with Gasteiger partial charge in [0.15, 0.2) is 11.7 Å². The minimum Gasteiger partial charge on any atom is -0.457 e. The summed E-state index contributed by atoms with van der Waals surface area (Å²) in [6.45, 7) is 3.45. The Morgan fingerprint density at radius 1 is 1.27 bits per heavy atom. The highest BCUT2D eigenvalue weighted by Crippen LogP contribution is 2.23. The number of nitrogens with zero attached hydrogens (tertiary/aromatic N) is 4. The summed E-state index contributed by atoms with van der Waals surface area (Å²) in [6.07, 6.45) is 2.02. The van der Waals surface area contributed by atoms with E-state index in [0.29, 0.717) is 17.3 Å². The zero-order valence-electron chi connectivity index (χ0n) is 16.3. The van der Waals surface area contributed by atoms with E-state index in [9.17, 15) is 9.59 Å². The molecule has 0 aliphatic carbocycles. The first-order valence-electron chi connectivity index (χ1n) is 9.15. The average Bonchev–Trinajstić information content (AvgIpc) is 3.51. The summed E-state index contributed by atoms with van der Waals surface area (Å²) in [4.78, 5) is 33.2. The van der Waals surface area contributed by atoms with Gasteiger partial charge in [-0.15, -0.1) is 11.3 Å². The van der Waals surface area contributed by atoms with Gasteiger partial charge < -0.3 is 9.26 Å². The SMILES string of the molecule is Cc1cc(C(=O)COC(=O)CCc2nc(-c3ccsc3)no2)c(C)n1-c1nccs1. The topological polar surface area (TPSA) is 100 Å². The van der Waals surface area contributed by atoms with Crippen LogP contribution in [0.2, 0.25) is 0 Å². The third kappa shape index (κ3) is 4.24. The smallest absolute Gasteiger partial charge is 0.306 e. The molecular weight excluding hydrogens is 424 g/mol. The van der Waals surface area contributed by atoms with Crippen LogP contribution in [0, 0.1) is 13.8 Å². The lowest BCUT2D eigenvalue weighted by Crippen LogP contribution is -2.15. The molecule has 0 saturated carbocycles. The highest BCUT2D eigenvalue weighted by Gasteiger charge is 2.19. The summed E-state index contributed by atoms with van der Waals surface area (Å²) >= 11 is 3.03. The van der Waals surface area contributed by atoms with Crippen LogP contribution in [0.1, 0.15) is 34.1 Å². The second-order valence-electron chi connectivity index (χ2n) is 6.54. The number of aromatic nitrogens is 4. The number of thiazole rings is 1. The van der Waals surface area contributed by atoms with Crippen molar-refractivity contribution >= 4 is 34.4 Å². The van der Waals surface area contributed by atoms with E-state index in [1.165, 1.54) is 22.7 Å². The molecule has 0 amide bonds. The Hall–Kier alpha value is -3.11. The number of ketones is 1. The lowest BCUT2D eigenvalue weighted by atomic mass is 10.1. The molecule has 0 bridgehead atoms. The molecule has 4 rings (SSSR count). The van der Waals surface area contributed by atoms with Crippen molar-refractivity contribution in [2.24, 2.45) is 0 Å². The van der Waals surface area contributed by atoms with E-state index in [4.69, 9.17) is 9.26 Å². The van der Waals surface area contributed by atoms with Gasteiger partial charge >= 0.3 is 5.97 Å². The lowest BCUT2D eigenvalue weighted by Gasteiger charge is -2.06. The fourth-order valence-electron chi connectivity index (χ4n) is 3.04. The van der Waals surface area contributed by atoms with Crippen molar-refractivity contribution in [3.05, 3.63) is 57.3 Å². The molecule has 154 valence electrons. The standard InChI is InChI=1S/C20H18N4O4S2/c1-12-9-15(13(2)24(12)20-21-6-8-30-20)16(25)10-27-18(26)4-3-17-22-19(23-28-17)14-5-7-29-11-14/h5-9,11H,3-4,10H2,1-2H3. The van der Waals surface area contributed by atoms with Gasteiger partial charge in [-0.3, -0.25) is 14.2 Å². The van der Waals surface area contributed by atoms with Crippen LogP contribution in [-0.2, 0) is 16.0 Å². The third-order valence-electron chi connectivity index (χ3n) is 4.50. The zero-order valence-corrected chi connectivity index (χ0v) is 18.0. The third-order valence-corrected chi connectivity index (χ3v) is 5.94. The normalized spacial score (nSPS) is 11.0. The molecular formula is C20H18N4O4S2. The molecule has 0 aliphatic heterocycles. The van der Waals surface area contributed by atoms with Gasteiger partial charge in [0.1, 0.15) is 0 Å². The van der Waals surface area contributed by atoms with Crippen molar-refractivity contribution in [1.29, 1.82) is 0 Å². The molecule has 4 aromatic rings. The number of aryl methyl sites for hydroxylation is 2. The van der Waals surface area contributed by atoms with Crippen molar-refractivity contribution < 1.29 is 18.8 Å². The number of hydrogen-bond acceptors (Lipinski definition) is 9. The van der Waals surface area contributed by atoms with Gasteiger partial charge in [-0.05, 0) is 31.4 Å². The van der Waals surface area contributed by atoms with Crippen LogP contribution >= 0.6 is 22.7 Å². The van der Waals surface area contributed by atoms with Crippen LogP contribution in [0.5, 0.6) is 0 Å². The fourth-order valence-corrected chi connectivity index (χ4v) is 4.42. The summed E-state index contributed by atoms with van der Waals surface area (Å²) in [5, 5.41) is 10.4. The van der Waals surface area contributed by atoms with Gasteiger partial charge in [-0.25, -0.2) is 4.98 Å². The van der Waals surface area contributed by atoms with Crippen LogP contribution < -0.4 is 0 Å². The molecule has 10 heteroatoms. The number of ether oxygens (including phenoxy) is 1. The van der Waals surface area contributed by atoms with Gasteiger partial charge in [0, 0.05) is 45.9 Å². The molecule has 0 aliphatic rings. The Balaban J connectivity index is 1.31. The molecule has 30 heavy (non-hydrogen) atoms. The van der Waals surface area contributed by atoms with Crippen molar-refractivity contribution in [2.45, 2.75) is 26.7 Å². The Morgan fingerprint density at radius 2 is 2.13 bits per heavy atom. The predicted octanol–water partition coefficient (Wildman–Crippen LogP) is 4.02. The maximum absolute atomic E-state index is 12.6. The fraction of sp³-hybridized carbons (Fsp3) is 0.250. The summed E-state index contributed by atoms with van der Waals surface area (Å²) in [6, 6.07) is 3.68. The number of thiophene rings is 1. The van der Waals surface area contributed by atoms with E-state index in [1.54, 1.807) is 12.3 Å². The van der Waals surface area contributed by atoms with E-state index >= 15 is 0 Å². The molecule has 4 aromatic heterocycles. The largest absolute Gasteiger partial charge is 0.457 e. The molecule has 0 aromatic carbocycles. The van der Waals surface area contributed by atoms with Crippen LogP contribution in [-0.4, -0.2) is 38.1 Å². The van der Waals surface area contributed by atoms with E-state index in [1.807, 2.05) is 40.6 Å². The zero-order chi connectivity index (χ0) is 21.1. The van der Waals surface area contributed by atoms with Gasteiger partial charge in [0.2, 0.25) is 17.5 Å². The van der Waals surface area contributed by atoms with E-state index < -0.39 is 5.97 Å². The van der Waals surface area contributed by atoms with Crippen molar-refractivity contribution in [2.75, 3.05) is 6.61 Å². The maximum atomic E-state index is 12.6. The molecule has 0 N–H and O–H groups in total. The minimum absolute atomic E-state index is 0.0523. The summed E-state index contributed by atoms with van der Waals surface area (Å²) in [5.74, 6) is 0.0982. The Labute approximate surface area is 180 Å². The number of carbonyl (C=O) groups is 2. The summed E-state index contributed by atoms with van der Waals surface area (Å²) in [7, 11) is 0. The highest BCUT2D eigenvalue weighted by atomic mass is 32.1. The Morgan fingerprint density at radius 3 is 2.87 bits per heavy atom. The lowest BCUT2D eigenvalue weighted by molar-refractivity contribution is -0.142. The maximum Gasteiger partial charge on any atom is 0.306 e. The first-order chi connectivity index (χ1) is 14.5. The van der Waals surface area contributed by atoms with Crippen LogP contribution in [0.15, 0.2) is 39.0 Å². The molecule has 0 spiro atoms. The number of hydrogen-bond donors (Lipinski definition) is 0. The van der Waals surface area contributed by atoms with E-state index in [-0.39, 0.29) is 25.2 Å². The highest BCUT2D eigenvalue weighted by molar-refractivity contribution is 7.12. The van der Waals surface area contributed by atoms with Crippen molar-refractivity contribution in [1.82, 2.24) is 19.7 Å². The van der Waals surface area contributed by atoms with Crippen LogP contribution in [0.3, 0.4) is 0 Å². The van der Waals surface area contributed by atoms with E-state index in [0.717, 1.165) is 22.1 Å². The first-order valence-corrected chi connectivity index (χ1v) is 11.0. The second kappa shape index (κ2) is 8.72. The molecule has 8 nitrogen and oxygen atoms in total. The van der Waals surface area contributed by atoms with Crippen molar-refractivity contribution in [3.63, 3.8) is 0 Å². The van der Waals surface area contributed by atoms with Gasteiger partial charge in [-0.2, -0.15) is 16.3 Å². The number of esters is 1. The number of Topliss-reactive ketones (excluding diaryl/α,β-unsaturated/α-hetero) is 1. The van der Waals surface area contributed by atoms with Crippen LogP contribution in [0.25, 0.3) is 16.5 Å². The molecule has 0 fully saturated rings. The first kappa shape index (κ1) is 20.2. The molecule has 4 heterocycles. The molecule has 0 radical (unpaired) electrons. The van der Waals surface area contributed by atoms with Crippen molar-refractivity contribution in [3.8, 4) is 16.5 Å². The minimum atomic E-state index is -0.493. The molecule has 0 atom stereocenters. The number of carbonyl (C=O) groups excluding carboxylic acids is 2. The monoisotopic (exact) mass is 442 g/mol. The molecule has 0 unspecified atom stereocenters.